The minimum atomic E-state index is -5.28. The fourth-order valence-electron chi connectivity index (χ4n) is 1.10. The Kier molecular flexibility index (Phi) is 4.40. The highest BCUT2D eigenvalue weighted by atomic mass is 35.5. The molecule has 17 heavy (non-hydrogen) atoms. The lowest BCUT2D eigenvalue weighted by Gasteiger charge is -2.09. The Balaban J connectivity index is 2.58. The van der Waals surface area contributed by atoms with Crippen molar-refractivity contribution in [3.05, 3.63) is 34.9 Å². The third kappa shape index (κ3) is 3.86. The molecular formula is C9H9ClF3NO2S. The first-order chi connectivity index (χ1) is 7.74. The largest absolute Gasteiger partial charge is 0.511 e. The average Bonchev–Trinajstić information content (AvgIpc) is 2.19. The summed E-state index contributed by atoms with van der Waals surface area (Å²) >= 11 is 5.76. The highest BCUT2D eigenvalue weighted by Gasteiger charge is 2.45. The molecule has 0 radical (unpaired) electrons. The molecule has 0 aromatic heterocycles. The smallest absolute Gasteiger partial charge is 0.207 e. The van der Waals surface area contributed by atoms with Crippen molar-refractivity contribution < 1.29 is 21.6 Å². The van der Waals surface area contributed by atoms with Gasteiger partial charge in [-0.25, -0.2) is 13.1 Å². The van der Waals surface area contributed by atoms with Crippen molar-refractivity contribution in [3.8, 4) is 0 Å². The molecule has 0 aliphatic carbocycles. The van der Waals surface area contributed by atoms with Crippen LogP contribution in [0.1, 0.15) is 5.56 Å². The van der Waals surface area contributed by atoms with Crippen molar-refractivity contribution in [3.63, 3.8) is 0 Å². The molecule has 1 rings (SSSR count). The molecule has 0 heterocycles. The summed E-state index contributed by atoms with van der Waals surface area (Å²) in [6.45, 7) is -0.356. The van der Waals surface area contributed by atoms with Crippen LogP contribution in [0, 0.1) is 0 Å². The van der Waals surface area contributed by atoms with Crippen LogP contribution in [-0.2, 0) is 16.4 Å². The first-order valence-corrected chi connectivity index (χ1v) is 6.39. The molecule has 0 saturated heterocycles. The van der Waals surface area contributed by atoms with E-state index in [4.69, 9.17) is 11.6 Å². The lowest BCUT2D eigenvalue weighted by molar-refractivity contribution is -0.0447. The van der Waals surface area contributed by atoms with Crippen LogP contribution in [0.15, 0.2) is 24.3 Å². The standard InChI is InChI=1S/C9H9ClF3NO2S/c10-8-4-2-1-3-7(8)5-6-14-17(15,16)9(11,12)13/h1-4,14H,5-6H2. The van der Waals surface area contributed by atoms with E-state index in [1.807, 2.05) is 0 Å². The van der Waals surface area contributed by atoms with Crippen LogP contribution in [0.4, 0.5) is 13.2 Å². The zero-order chi connectivity index (χ0) is 13.1. The van der Waals surface area contributed by atoms with Gasteiger partial charge in [-0.2, -0.15) is 13.2 Å². The molecule has 0 atom stereocenters. The molecule has 3 nitrogen and oxygen atoms in total. The fourth-order valence-corrected chi connectivity index (χ4v) is 1.87. The van der Waals surface area contributed by atoms with E-state index >= 15 is 0 Å². The van der Waals surface area contributed by atoms with Crippen LogP contribution in [0.3, 0.4) is 0 Å². The van der Waals surface area contributed by atoms with Crippen molar-refractivity contribution >= 4 is 21.6 Å². The van der Waals surface area contributed by atoms with E-state index in [1.165, 1.54) is 4.72 Å². The van der Waals surface area contributed by atoms with Crippen LogP contribution in [-0.4, -0.2) is 20.5 Å². The van der Waals surface area contributed by atoms with Crippen molar-refractivity contribution in [1.29, 1.82) is 0 Å². The van der Waals surface area contributed by atoms with E-state index in [-0.39, 0.29) is 13.0 Å². The number of hydrogen-bond donors (Lipinski definition) is 1. The summed E-state index contributed by atoms with van der Waals surface area (Å²) in [5.74, 6) is 0. The number of sulfonamides is 1. The van der Waals surface area contributed by atoms with Gasteiger partial charge in [0.1, 0.15) is 0 Å². The fraction of sp³-hybridized carbons (Fsp3) is 0.333. The third-order valence-electron chi connectivity index (χ3n) is 1.95. The number of hydrogen-bond acceptors (Lipinski definition) is 2. The second kappa shape index (κ2) is 5.24. The van der Waals surface area contributed by atoms with Crippen molar-refractivity contribution in [2.45, 2.75) is 11.9 Å². The molecule has 0 spiro atoms. The Labute approximate surface area is 102 Å². The first kappa shape index (κ1) is 14.3. The summed E-state index contributed by atoms with van der Waals surface area (Å²) < 4.78 is 58.7. The quantitative estimate of drug-likeness (QED) is 0.924. The van der Waals surface area contributed by atoms with Gasteiger partial charge in [-0.1, -0.05) is 29.8 Å². The lowest BCUT2D eigenvalue weighted by Crippen LogP contribution is -2.37. The van der Waals surface area contributed by atoms with Crippen LogP contribution in [0.2, 0.25) is 5.02 Å². The van der Waals surface area contributed by atoms with E-state index in [9.17, 15) is 21.6 Å². The number of rotatable bonds is 4. The summed E-state index contributed by atoms with van der Waals surface area (Å²) in [6.07, 6.45) is 0.0922. The minimum Gasteiger partial charge on any atom is -0.207 e. The molecule has 1 aromatic rings. The third-order valence-corrected chi connectivity index (χ3v) is 3.51. The summed E-state index contributed by atoms with van der Waals surface area (Å²) in [5.41, 5.74) is -4.70. The zero-order valence-corrected chi connectivity index (χ0v) is 10.0. The Hall–Kier alpha value is -0.790. The molecule has 96 valence electrons. The Morgan fingerprint density at radius 1 is 1.24 bits per heavy atom. The molecule has 0 aliphatic rings. The van der Waals surface area contributed by atoms with Gasteiger partial charge in [-0.3, -0.25) is 0 Å². The second-order valence-electron chi connectivity index (χ2n) is 3.18. The second-order valence-corrected chi connectivity index (χ2v) is 5.35. The normalized spacial score (nSPS) is 12.7. The zero-order valence-electron chi connectivity index (χ0n) is 8.46. The molecule has 1 aromatic carbocycles. The van der Waals surface area contributed by atoms with Gasteiger partial charge in [-0.15, -0.1) is 0 Å². The van der Waals surface area contributed by atoms with Crippen LogP contribution >= 0.6 is 11.6 Å². The van der Waals surface area contributed by atoms with Gasteiger partial charge in [-0.05, 0) is 18.1 Å². The molecule has 0 amide bonds. The molecule has 0 unspecified atom stereocenters. The van der Waals surface area contributed by atoms with Crippen molar-refractivity contribution in [2.75, 3.05) is 6.54 Å². The maximum absolute atomic E-state index is 12.0. The van der Waals surface area contributed by atoms with Crippen molar-refractivity contribution in [2.24, 2.45) is 0 Å². The van der Waals surface area contributed by atoms with Gasteiger partial charge < -0.3 is 0 Å². The SMILES string of the molecule is O=S(=O)(NCCc1ccccc1Cl)C(F)(F)F. The topological polar surface area (TPSA) is 46.2 Å². The molecular weight excluding hydrogens is 279 g/mol. The van der Waals surface area contributed by atoms with E-state index in [1.54, 1.807) is 24.3 Å². The van der Waals surface area contributed by atoms with Gasteiger partial charge in [0.25, 0.3) is 0 Å². The lowest BCUT2D eigenvalue weighted by atomic mass is 10.1. The summed E-state index contributed by atoms with van der Waals surface area (Å²) in [7, 11) is -5.27. The molecule has 0 bridgehead atoms. The Morgan fingerprint density at radius 3 is 2.35 bits per heavy atom. The van der Waals surface area contributed by atoms with Gasteiger partial charge in [0.15, 0.2) is 0 Å². The highest BCUT2D eigenvalue weighted by Crippen LogP contribution is 2.21. The van der Waals surface area contributed by atoms with E-state index < -0.39 is 15.5 Å². The summed E-state index contributed by atoms with van der Waals surface area (Å²) in [4.78, 5) is 0. The van der Waals surface area contributed by atoms with Gasteiger partial charge in [0.05, 0.1) is 0 Å². The Bertz CT molecular complexity index is 487. The van der Waals surface area contributed by atoms with Gasteiger partial charge in [0, 0.05) is 11.6 Å². The summed E-state index contributed by atoms with van der Waals surface area (Å²) in [6, 6.07) is 6.53. The summed E-state index contributed by atoms with van der Waals surface area (Å²) in [5, 5.41) is 0.388. The van der Waals surface area contributed by atoms with Gasteiger partial charge in [0.2, 0.25) is 0 Å². The molecule has 0 fully saturated rings. The number of nitrogens with one attached hydrogen (secondary N) is 1. The number of alkyl halides is 3. The van der Waals surface area contributed by atoms with E-state index in [0.29, 0.717) is 10.6 Å². The van der Waals surface area contributed by atoms with Crippen LogP contribution in [0.25, 0.3) is 0 Å². The van der Waals surface area contributed by atoms with Crippen molar-refractivity contribution in [1.82, 2.24) is 4.72 Å². The predicted molar refractivity (Wildman–Crippen MR) is 58.1 cm³/mol. The Morgan fingerprint density at radius 2 is 1.82 bits per heavy atom. The van der Waals surface area contributed by atoms with Crippen LogP contribution < -0.4 is 4.72 Å². The number of halogens is 4. The maximum atomic E-state index is 12.0. The number of benzene rings is 1. The maximum Gasteiger partial charge on any atom is 0.511 e. The van der Waals surface area contributed by atoms with Gasteiger partial charge >= 0.3 is 15.5 Å². The predicted octanol–water partition coefficient (Wildman–Crippen LogP) is 2.32. The molecule has 8 heteroatoms. The molecule has 0 saturated carbocycles. The van der Waals surface area contributed by atoms with E-state index in [0.717, 1.165) is 0 Å². The first-order valence-electron chi connectivity index (χ1n) is 4.53. The molecule has 0 aliphatic heterocycles. The van der Waals surface area contributed by atoms with Crippen LogP contribution in [0.5, 0.6) is 0 Å². The highest BCUT2D eigenvalue weighted by molar-refractivity contribution is 7.90. The monoisotopic (exact) mass is 287 g/mol. The minimum absolute atomic E-state index is 0.0922. The van der Waals surface area contributed by atoms with E-state index in [2.05, 4.69) is 0 Å². The molecule has 1 N–H and O–H groups in total. The average molecular weight is 288 g/mol.